The van der Waals surface area contributed by atoms with Gasteiger partial charge in [-0.05, 0) is 24.5 Å². The van der Waals surface area contributed by atoms with Crippen molar-refractivity contribution in [3.63, 3.8) is 0 Å². The third-order valence-corrected chi connectivity index (χ3v) is 6.63. The lowest BCUT2D eigenvalue weighted by atomic mass is 10.0. The molecule has 0 saturated heterocycles. The van der Waals surface area contributed by atoms with Gasteiger partial charge in [-0.15, -0.1) is 0 Å². The van der Waals surface area contributed by atoms with Crippen LogP contribution in [0, 0.1) is 0 Å². The number of amides is 3. The first kappa shape index (κ1) is 33.1. The monoisotopic (exact) mass is 612 g/mol. The fourth-order valence-electron chi connectivity index (χ4n) is 4.43. The van der Waals surface area contributed by atoms with Gasteiger partial charge in [0.2, 0.25) is 17.7 Å². The average molecular weight is 613 g/mol. The summed E-state index contributed by atoms with van der Waals surface area (Å²) in [6, 6.07) is 2.02. The molecule has 4 atom stereocenters. The van der Waals surface area contributed by atoms with Crippen LogP contribution in [0.15, 0.2) is 48.0 Å². The molecule has 0 fully saturated rings. The molecule has 2 aromatic heterocycles. The lowest BCUT2D eigenvalue weighted by Crippen LogP contribution is -2.58. The van der Waals surface area contributed by atoms with Crippen molar-refractivity contribution in [1.82, 2.24) is 30.9 Å². The van der Waals surface area contributed by atoms with Gasteiger partial charge in [0, 0.05) is 48.4 Å². The molecule has 4 unspecified atom stereocenters. The maximum absolute atomic E-state index is 13.7. The van der Waals surface area contributed by atoms with E-state index in [4.69, 9.17) is 22.3 Å². The quantitative estimate of drug-likeness (QED) is 0.0455. The number of carbonyl (C=O) groups excluding carboxylic acids is 3. The lowest BCUT2D eigenvalue weighted by molar-refractivity contribution is -0.147. The number of nitrogens with one attached hydrogen (secondary N) is 5. The molecule has 236 valence electrons. The standard InChI is InChI=1S/C27H36N10O7/c28-17(9-15-12-31-13-34-15)23(40)36-20(8-14-11-33-18-5-2-1-4-16(14)18)25(42)35-19(6-3-7-32-27(29)30)24(41)37-21(26(43)44)10-22(38)39/h1-2,4-5,11-13,17,19-21,33H,3,6-10,28H2,(H,31,34)(H,35,42)(H,36,40)(H,37,41)(H,38,39)(H,43,44)(H4,29,30,32). The Morgan fingerprint density at radius 1 is 0.909 bits per heavy atom. The Bertz CT molecular complexity index is 1480. The van der Waals surface area contributed by atoms with Crippen molar-refractivity contribution in [2.24, 2.45) is 22.2 Å². The molecule has 0 spiro atoms. The maximum Gasteiger partial charge on any atom is 0.326 e. The zero-order valence-electron chi connectivity index (χ0n) is 23.7. The summed E-state index contributed by atoms with van der Waals surface area (Å²) in [5, 5.41) is 26.6. The molecule has 2 heterocycles. The Morgan fingerprint density at radius 2 is 1.59 bits per heavy atom. The minimum atomic E-state index is -1.75. The van der Waals surface area contributed by atoms with Gasteiger partial charge in [-0.3, -0.25) is 24.2 Å². The highest BCUT2D eigenvalue weighted by atomic mass is 16.4. The Morgan fingerprint density at radius 3 is 2.25 bits per heavy atom. The summed E-state index contributed by atoms with van der Waals surface area (Å²) in [4.78, 5) is 76.3. The number of guanidine groups is 1. The molecule has 17 heteroatoms. The van der Waals surface area contributed by atoms with Crippen molar-refractivity contribution in [2.75, 3.05) is 6.54 Å². The molecule has 17 nitrogen and oxygen atoms in total. The van der Waals surface area contributed by atoms with Crippen LogP contribution in [0.2, 0.25) is 0 Å². The van der Waals surface area contributed by atoms with E-state index < -0.39 is 60.2 Å². The van der Waals surface area contributed by atoms with Crippen molar-refractivity contribution >= 4 is 46.5 Å². The third-order valence-electron chi connectivity index (χ3n) is 6.63. The van der Waals surface area contributed by atoms with E-state index in [2.05, 4.69) is 35.9 Å². The Kier molecular flexibility index (Phi) is 11.8. The summed E-state index contributed by atoms with van der Waals surface area (Å²) < 4.78 is 0. The van der Waals surface area contributed by atoms with Gasteiger partial charge in [0.05, 0.1) is 18.8 Å². The fraction of sp³-hybridized carbons (Fsp3) is 0.370. The highest BCUT2D eigenvalue weighted by Crippen LogP contribution is 2.19. The minimum Gasteiger partial charge on any atom is -0.481 e. The Balaban J connectivity index is 1.84. The predicted molar refractivity (Wildman–Crippen MR) is 158 cm³/mol. The molecule has 3 rings (SSSR count). The molecule has 0 bridgehead atoms. The van der Waals surface area contributed by atoms with Gasteiger partial charge in [0.1, 0.15) is 18.1 Å². The van der Waals surface area contributed by atoms with Crippen LogP contribution < -0.4 is 33.2 Å². The second-order valence-corrected chi connectivity index (χ2v) is 10.0. The van der Waals surface area contributed by atoms with E-state index in [1.807, 2.05) is 24.3 Å². The van der Waals surface area contributed by atoms with Crippen LogP contribution in [0.1, 0.15) is 30.5 Å². The number of hydrogen-bond donors (Lipinski definition) is 10. The summed E-state index contributed by atoms with van der Waals surface area (Å²) in [6.45, 7) is 0.0947. The van der Waals surface area contributed by atoms with Crippen molar-refractivity contribution < 1.29 is 34.2 Å². The molecule has 3 amide bonds. The number of aliphatic imine (C=N–C) groups is 1. The van der Waals surface area contributed by atoms with Crippen LogP contribution in [0.4, 0.5) is 0 Å². The molecule has 0 aliphatic heterocycles. The number of carboxylic acids is 2. The van der Waals surface area contributed by atoms with Crippen molar-refractivity contribution in [3.05, 3.63) is 54.2 Å². The number of carbonyl (C=O) groups is 5. The molecule has 1 aromatic carbocycles. The van der Waals surface area contributed by atoms with Crippen molar-refractivity contribution in [1.29, 1.82) is 0 Å². The van der Waals surface area contributed by atoms with Crippen LogP contribution in [0.25, 0.3) is 10.9 Å². The largest absolute Gasteiger partial charge is 0.481 e. The molecule has 0 radical (unpaired) electrons. The highest BCUT2D eigenvalue weighted by Gasteiger charge is 2.31. The number of rotatable bonds is 17. The average Bonchev–Trinajstić information content (AvgIpc) is 3.63. The van der Waals surface area contributed by atoms with E-state index in [-0.39, 0.29) is 38.2 Å². The van der Waals surface area contributed by atoms with Gasteiger partial charge in [-0.25, -0.2) is 9.78 Å². The molecule has 0 aliphatic carbocycles. The number of carboxylic acid groups (broad SMARTS) is 2. The van der Waals surface area contributed by atoms with Crippen LogP contribution in [0.5, 0.6) is 0 Å². The number of benzene rings is 1. The van der Waals surface area contributed by atoms with E-state index in [1.54, 1.807) is 6.20 Å². The number of para-hydroxylation sites is 1. The number of aromatic nitrogens is 3. The van der Waals surface area contributed by atoms with Crippen LogP contribution in [-0.4, -0.2) is 91.5 Å². The summed E-state index contributed by atoms with van der Waals surface area (Å²) in [5.74, 6) is -5.54. The van der Waals surface area contributed by atoms with E-state index in [0.29, 0.717) is 11.3 Å². The second-order valence-electron chi connectivity index (χ2n) is 10.0. The first-order valence-electron chi connectivity index (χ1n) is 13.6. The Labute approximate surface area is 251 Å². The second kappa shape index (κ2) is 15.7. The van der Waals surface area contributed by atoms with Crippen molar-refractivity contribution in [3.8, 4) is 0 Å². The molecule has 0 aliphatic rings. The normalized spacial score (nSPS) is 13.7. The van der Waals surface area contributed by atoms with Crippen LogP contribution in [-0.2, 0) is 36.8 Å². The molecular weight excluding hydrogens is 576 g/mol. The fourth-order valence-corrected chi connectivity index (χ4v) is 4.43. The summed E-state index contributed by atoms with van der Waals surface area (Å²) in [5.41, 5.74) is 18.9. The first-order valence-corrected chi connectivity index (χ1v) is 13.6. The number of nitrogens with two attached hydrogens (primary N) is 3. The minimum absolute atomic E-state index is 0.0114. The number of aliphatic carboxylic acids is 2. The third kappa shape index (κ3) is 9.83. The van der Waals surface area contributed by atoms with Gasteiger partial charge < -0.3 is 53.3 Å². The molecule has 3 aromatic rings. The number of hydrogen-bond acceptors (Lipinski definition) is 8. The molecular formula is C27H36N10O7. The SMILES string of the molecule is NC(N)=NCCCC(NC(=O)C(Cc1c[nH]c2ccccc12)NC(=O)C(N)Cc1cnc[nH]1)C(=O)NC(CC(=O)O)C(=O)O. The Hall–Kier alpha value is -5.45. The van der Waals surface area contributed by atoms with E-state index >= 15 is 0 Å². The number of aromatic amines is 2. The zero-order chi connectivity index (χ0) is 32.2. The van der Waals surface area contributed by atoms with Gasteiger partial charge in [-0.1, -0.05) is 18.2 Å². The lowest BCUT2D eigenvalue weighted by Gasteiger charge is -2.25. The van der Waals surface area contributed by atoms with E-state index in [1.165, 1.54) is 12.5 Å². The zero-order valence-corrected chi connectivity index (χ0v) is 23.7. The summed E-state index contributed by atoms with van der Waals surface area (Å²) >= 11 is 0. The van der Waals surface area contributed by atoms with Gasteiger partial charge in [-0.2, -0.15) is 0 Å². The summed E-state index contributed by atoms with van der Waals surface area (Å²) in [6.07, 6.45) is 4.05. The molecule has 44 heavy (non-hydrogen) atoms. The molecule has 13 N–H and O–H groups in total. The predicted octanol–water partition coefficient (Wildman–Crippen LogP) is -1.93. The van der Waals surface area contributed by atoms with Gasteiger partial charge >= 0.3 is 11.9 Å². The van der Waals surface area contributed by atoms with Crippen molar-refractivity contribution in [2.45, 2.75) is 56.3 Å². The number of H-pyrrole nitrogens is 2. The van der Waals surface area contributed by atoms with E-state index in [9.17, 15) is 29.1 Å². The van der Waals surface area contributed by atoms with Gasteiger partial charge in [0.15, 0.2) is 5.96 Å². The van der Waals surface area contributed by atoms with Crippen LogP contribution >= 0.6 is 0 Å². The summed E-state index contributed by atoms with van der Waals surface area (Å²) in [7, 11) is 0. The highest BCUT2D eigenvalue weighted by molar-refractivity contribution is 5.95. The number of imidazole rings is 1. The number of nitrogens with zero attached hydrogens (tertiary/aromatic N) is 2. The van der Waals surface area contributed by atoms with E-state index in [0.717, 1.165) is 10.9 Å². The smallest absolute Gasteiger partial charge is 0.326 e. The number of fused-ring (bicyclic) bond motifs is 1. The van der Waals surface area contributed by atoms with Crippen LogP contribution in [0.3, 0.4) is 0 Å². The van der Waals surface area contributed by atoms with Gasteiger partial charge in [0.25, 0.3) is 0 Å². The maximum atomic E-state index is 13.7. The molecule has 0 saturated carbocycles. The first-order chi connectivity index (χ1) is 20.9. The topological polar surface area (TPSA) is 297 Å².